The molecule has 1 aliphatic rings. The molecule has 188 valence electrons. The highest BCUT2D eigenvalue weighted by molar-refractivity contribution is 5.76. The van der Waals surface area contributed by atoms with E-state index in [0.717, 1.165) is 38.0 Å². The molecule has 4 heteroatoms. The van der Waals surface area contributed by atoms with Gasteiger partial charge in [-0.05, 0) is 76.3 Å². The smallest absolute Gasteiger partial charge is 0.220 e. The van der Waals surface area contributed by atoms with Crippen LogP contribution in [0.1, 0.15) is 85.5 Å². The summed E-state index contributed by atoms with van der Waals surface area (Å²) in [6, 6.07) is -0.159. The molecule has 0 bridgehead atoms. The Morgan fingerprint density at radius 3 is 2.15 bits per heavy atom. The first-order valence-corrected chi connectivity index (χ1v) is 13.1. The van der Waals surface area contributed by atoms with E-state index in [4.69, 9.17) is 5.11 Å². The molecule has 0 aliphatic carbocycles. The van der Waals surface area contributed by atoms with Crippen molar-refractivity contribution in [3.63, 3.8) is 0 Å². The first kappa shape index (κ1) is 29.4. The van der Waals surface area contributed by atoms with Crippen LogP contribution in [0.4, 0.5) is 0 Å². The van der Waals surface area contributed by atoms with Gasteiger partial charge in [-0.3, -0.25) is 4.79 Å². The minimum absolute atomic E-state index is 0.0135. The van der Waals surface area contributed by atoms with E-state index in [1.807, 2.05) is 0 Å². The number of likely N-dealkylation sites (tertiary alicyclic amines) is 1. The number of allylic oxidation sites excluding steroid dienone is 8. The van der Waals surface area contributed by atoms with Crippen molar-refractivity contribution in [3.05, 3.63) is 48.6 Å². The second-order valence-corrected chi connectivity index (χ2v) is 10.0. The monoisotopic (exact) mass is 458 g/mol. The Kier molecular flexibility index (Phi) is 15.8. The summed E-state index contributed by atoms with van der Waals surface area (Å²) < 4.78 is 0. The SMILES string of the molecule is CCC(CN1CCCC1)C(C)(C)/C=C\C/C=C\C/C=C\C/C=C\CCCC(=O)N[C@H](C)CO. The molecule has 0 spiro atoms. The molecular weight excluding hydrogens is 408 g/mol. The Morgan fingerprint density at radius 1 is 1.00 bits per heavy atom. The second kappa shape index (κ2) is 17.8. The van der Waals surface area contributed by atoms with Crippen molar-refractivity contribution in [3.8, 4) is 0 Å². The number of amides is 1. The average Bonchev–Trinajstić information content (AvgIpc) is 3.30. The molecule has 33 heavy (non-hydrogen) atoms. The van der Waals surface area contributed by atoms with Crippen molar-refractivity contribution in [2.24, 2.45) is 11.3 Å². The van der Waals surface area contributed by atoms with E-state index in [9.17, 15) is 4.79 Å². The maximum atomic E-state index is 11.6. The van der Waals surface area contributed by atoms with Crippen LogP contribution in [-0.4, -0.2) is 48.2 Å². The number of unbranched alkanes of at least 4 members (excludes halogenated alkanes) is 1. The van der Waals surface area contributed by atoms with Crippen molar-refractivity contribution in [2.75, 3.05) is 26.2 Å². The lowest BCUT2D eigenvalue weighted by Crippen LogP contribution is -2.34. The first-order chi connectivity index (χ1) is 15.9. The molecular formula is C29H50N2O2. The molecule has 0 aromatic carbocycles. The van der Waals surface area contributed by atoms with Crippen LogP contribution in [0.15, 0.2) is 48.6 Å². The largest absolute Gasteiger partial charge is 0.394 e. The third-order valence-corrected chi connectivity index (χ3v) is 6.54. The number of carbonyl (C=O) groups is 1. The highest BCUT2D eigenvalue weighted by atomic mass is 16.3. The van der Waals surface area contributed by atoms with Crippen molar-refractivity contribution < 1.29 is 9.90 Å². The summed E-state index contributed by atoms with van der Waals surface area (Å²) in [7, 11) is 0. The zero-order valence-corrected chi connectivity index (χ0v) is 21.8. The van der Waals surface area contributed by atoms with Crippen LogP contribution in [0.3, 0.4) is 0 Å². The van der Waals surface area contributed by atoms with Gasteiger partial charge in [-0.1, -0.05) is 75.8 Å². The summed E-state index contributed by atoms with van der Waals surface area (Å²) in [5, 5.41) is 11.7. The first-order valence-electron chi connectivity index (χ1n) is 13.1. The maximum Gasteiger partial charge on any atom is 0.220 e. The Labute approximate surface area is 203 Å². The summed E-state index contributed by atoms with van der Waals surface area (Å²) >= 11 is 0. The molecule has 1 aliphatic heterocycles. The molecule has 0 radical (unpaired) electrons. The Morgan fingerprint density at radius 2 is 1.58 bits per heavy atom. The van der Waals surface area contributed by atoms with Gasteiger partial charge in [0.05, 0.1) is 6.61 Å². The molecule has 2 N–H and O–H groups in total. The fourth-order valence-corrected chi connectivity index (χ4v) is 4.28. The number of nitrogens with one attached hydrogen (secondary N) is 1. The van der Waals surface area contributed by atoms with Gasteiger partial charge in [0.2, 0.25) is 5.91 Å². The van der Waals surface area contributed by atoms with E-state index in [1.54, 1.807) is 6.92 Å². The molecule has 1 heterocycles. The standard InChI is InChI=1S/C29H50N2O2/c1-5-27(24-31-22-18-19-23-31)29(3,4)21-17-15-13-11-9-7-6-8-10-12-14-16-20-28(33)30-26(2)25-32/h6-7,10-13,17,21,26-27,32H,5,8-9,14-16,18-20,22-25H2,1-4H3,(H,30,33)/b7-6-,12-10-,13-11-,21-17-/t26-,27?/m1/s1. The van der Waals surface area contributed by atoms with Crippen LogP contribution >= 0.6 is 0 Å². The summed E-state index contributed by atoms with van der Waals surface area (Å²) in [5.74, 6) is 0.737. The number of hydrogen-bond donors (Lipinski definition) is 2. The lowest BCUT2D eigenvalue weighted by molar-refractivity contribution is -0.122. The van der Waals surface area contributed by atoms with Gasteiger partial charge in [-0.25, -0.2) is 0 Å². The van der Waals surface area contributed by atoms with Gasteiger partial charge in [-0.15, -0.1) is 0 Å². The third kappa shape index (κ3) is 14.3. The molecule has 1 unspecified atom stereocenters. The second-order valence-electron chi connectivity index (χ2n) is 10.0. The molecule has 0 saturated carbocycles. The predicted molar refractivity (Wildman–Crippen MR) is 142 cm³/mol. The van der Waals surface area contributed by atoms with Crippen LogP contribution < -0.4 is 5.32 Å². The fourth-order valence-electron chi connectivity index (χ4n) is 4.28. The molecule has 1 amide bonds. The van der Waals surface area contributed by atoms with Gasteiger partial charge in [0.1, 0.15) is 0 Å². The van der Waals surface area contributed by atoms with E-state index < -0.39 is 0 Å². The van der Waals surface area contributed by atoms with Gasteiger partial charge in [0.15, 0.2) is 0 Å². The minimum Gasteiger partial charge on any atom is -0.394 e. The number of aliphatic hydroxyl groups excluding tert-OH is 1. The summed E-state index contributed by atoms with van der Waals surface area (Å²) in [4.78, 5) is 14.2. The normalized spacial score (nSPS) is 17.7. The van der Waals surface area contributed by atoms with Crippen molar-refractivity contribution in [1.82, 2.24) is 10.2 Å². The Hall–Kier alpha value is -1.65. The topological polar surface area (TPSA) is 52.6 Å². The van der Waals surface area contributed by atoms with E-state index >= 15 is 0 Å². The van der Waals surface area contributed by atoms with Gasteiger partial charge in [-0.2, -0.15) is 0 Å². The fraction of sp³-hybridized carbons (Fsp3) is 0.690. The van der Waals surface area contributed by atoms with Crippen molar-refractivity contribution in [1.29, 1.82) is 0 Å². The third-order valence-electron chi connectivity index (χ3n) is 6.54. The zero-order valence-electron chi connectivity index (χ0n) is 21.8. The van der Waals surface area contributed by atoms with Crippen LogP contribution in [0.25, 0.3) is 0 Å². The number of nitrogens with zero attached hydrogens (tertiary/aromatic N) is 1. The summed E-state index contributed by atoms with van der Waals surface area (Å²) in [5.41, 5.74) is 0.249. The van der Waals surface area contributed by atoms with Gasteiger partial charge in [0.25, 0.3) is 0 Å². The lowest BCUT2D eigenvalue weighted by Gasteiger charge is -2.34. The molecule has 0 aromatic rings. The van der Waals surface area contributed by atoms with E-state index in [-0.39, 0.29) is 24.0 Å². The molecule has 1 rings (SSSR count). The predicted octanol–water partition coefficient (Wildman–Crippen LogP) is 6.20. The Bertz CT molecular complexity index is 628. The highest BCUT2D eigenvalue weighted by Gasteiger charge is 2.28. The van der Waals surface area contributed by atoms with Crippen molar-refractivity contribution in [2.45, 2.75) is 91.5 Å². The van der Waals surface area contributed by atoms with Crippen LogP contribution in [0.5, 0.6) is 0 Å². The molecule has 1 fully saturated rings. The number of rotatable bonds is 17. The average molecular weight is 459 g/mol. The zero-order chi connectivity index (χ0) is 24.4. The molecule has 1 saturated heterocycles. The van der Waals surface area contributed by atoms with E-state index in [2.05, 4.69) is 79.6 Å². The molecule has 2 atom stereocenters. The van der Waals surface area contributed by atoms with Crippen molar-refractivity contribution >= 4 is 5.91 Å². The highest BCUT2D eigenvalue weighted by Crippen LogP contribution is 2.32. The number of hydrogen-bond acceptors (Lipinski definition) is 3. The van der Waals surface area contributed by atoms with Gasteiger partial charge in [0, 0.05) is 19.0 Å². The summed E-state index contributed by atoms with van der Waals surface area (Å²) in [6.45, 7) is 12.7. The summed E-state index contributed by atoms with van der Waals surface area (Å²) in [6.07, 6.45) is 27.1. The quantitative estimate of drug-likeness (QED) is 0.202. The van der Waals surface area contributed by atoms with E-state index in [1.165, 1.54) is 38.9 Å². The molecule has 0 aromatic heterocycles. The number of carbonyl (C=O) groups excluding carboxylic acids is 1. The Balaban J connectivity index is 2.13. The lowest BCUT2D eigenvalue weighted by atomic mass is 9.76. The number of aliphatic hydroxyl groups is 1. The van der Waals surface area contributed by atoms with Crippen LogP contribution in [-0.2, 0) is 4.79 Å². The maximum absolute atomic E-state index is 11.6. The minimum atomic E-state index is -0.159. The van der Waals surface area contributed by atoms with Gasteiger partial charge < -0.3 is 15.3 Å². The van der Waals surface area contributed by atoms with Gasteiger partial charge >= 0.3 is 0 Å². The van der Waals surface area contributed by atoms with Crippen LogP contribution in [0.2, 0.25) is 0 Å². The molecule has 4 nitrogen and oxygen atoms in total. The van der Waals surface area contributed by atoms with E-state index in [0.29, 0.717) is 6.42 Å². The van der Waals surface area contributed by atoms with Crippen LogP contribution in [0, 0.1) is 11.3 Å².